The molecule has 0 atom stereocenters. The number of hydrogen-bond acceptors (Lipinski definition) is 0. The van der Waals surface area contributed by atoms with Gasteiger partial charge in [0.2, 0.25) is 0 Å². The first-order valence-electron chi connectivity index (χ1n) is 12.3. The molecule has 148 valence electrons. The van der Waals surface area contributed by atoms with Gasteiger partial charge in [-0.15, -0.1) is 0 Å². The Balaban J connectivity index is 1.46. The van der Waals surface area contributed by atoms with Crippen molar-refractivity contribution in [2.24, 2.45) is 23.7 Å². The molecule has 2 rings (SSSR count). The second-order valence-corrected chi connectivity index (χ2v) is 9.61. The predicted molar refractivity (Wildman–Crippen MR) is 113 cm³/mol. The lowest BCUT2D eigenvalue weighted by Gasteiger charge is -2.38. The molecule has 2 aliphatic rings. The molecule has 0 saturated heterocycles. The fraction of sp³-hybridized carbons (Fsp3) is 1.00. The van der Waals surface area contributed by atoms with Crippen molar-refractivity contribution < 1.29 is 0 Å². The fourth-order valence-electron chi connectivity index (χ4n) is 5.87. The summed E-state index contributed by atoms with van der Waals surface area (Å²) >= 11 is 0. The molecule has 0 aromatic carbocycles. The number of rotatable bonds is 12. The molecule has 0 aliphatic heterocycles. The highest BCUT2D eigenvalue weighted by molar-refractivity contribution is 4.82. The molecule has 2 saturated carbocycles. The van der Waals surface area contributed by atoms with Crippen molar-refractivity contribution in [3.8, 4) is 0 Å². The Morgan fingerprint density at radius 1 is 0.440 bits per heavy atom. The van der Waals surface area contributed by atoms with Crippen LogP contribution < -0.4 is 0 Å². The SMILES string of the molecule is CCCCCCCCCCC1CCC(C2CCC(CCC)CC2)CC1. The van der Waals surface area contributed by atoms with Gasteiger partial charge in [-0.1, -0.05) is 110 Å². The molecule has 25 heavy (non-hydrogen) atoms. The van der Waals surface area contributed by atoms with Crippen LogP contribution in [0, 0.1) is 23.7 Å². The largest absolute Gasteiger partial charge is 0.0654 e. The lowest BCUT2D eigenvalue weighted by atomic mass is 9.68. The van der Waals surface area contributed by atoms with Gasteiger partial charge in [0, 0.05) is 0 Å². The monoisotopic (exact) mass is 348 g/mol. The normalized spacial score (nSPS) is 30.5. The highest BCUT2D eigenvalue weighted by Gasteiger charge is 2.30. The molecule has 0 N–H and O–H groups in total. The maximum Gasteiger partial charge on any atom is -0.0386 e. The molecule has 2 fully saturated rings. The van der Waals surface area contributed by atoms with E-state index in [0.717, 1.165) is 23.7 Å². The fourth-order valence-corrected chi connectivity index (χ4v) is 5.87. The van der Waals surface area contributed by atoms with E-state index >= 15 is 0 Å². The Morgan fingerprint density at radius 2 is 0.880 bits per heavy atom. The summed E-state index contributed by atoms with van der Waals surface area (Å²) in [5, 5.41) is 0. The molecule has 0 radical (unpaired) electrons. The van der Waals surface area contributed by atoms with Crippen LogP contribution in [0.25, 0.3) is 0 Å². The summed E-state index contributed by atoms with van der Waals surface area (Å²) in [7, 11) is 0. The third-order valence-electron chi connectivity index (χ3n) is 7.61. The van der Waals surface area contributed by atoms with Gasteiger partial charge in [0.05, 0.1) is 0 Å². The van der Waals surface area contributed by atoms with Crippen molar-refractivity contribution >= 4 is 0 Å². The Labute approximate surface area is 159 Å². The van der Waals surface area contributed by atoms with Crippen molar-refractivity contribution in [3.63, 3.8) is 0 Å². The summed E-state index contributed by atoms with van der Waals surface area (Å²) < 4.78 is 0. The summed E-state index contributed by atoms with van der Waals surface area (Å²) in [6, 6.07) is 0. The van der Waals surface area contributed by atoms with Crippen LogP contribution in [0.4, 0.5) is 0 Å². The van der Waals surface area contributed by atoms with E-state index in [1.807, 2.05) is 0 Å². The zero-order valence-electron chi connectivity index (χ0n) is 17.7. The average Bonchev–Trinajstić information content (AvgIpc) is 2.65. The average molecular weight is 349 g/mol. The van der Waals surface area contributed by atoms with Gasteiger partial charge >= 0.3 is 0 Å². The van der Waals surface area contributed by atoms with E-state index in [9.17, 15) is 0 Å². The minimum Gasteiger partial charge on any atom is -0.0654 e. The first-order valence-corrected chi connectivity index (χ1v) is 12.3. The van der Waals surface area contributed by atoms with Crippen LogP contribution in [0.1, 0.15) is 136 Å². The van der Waals surface area contributed by atoms with Gasteiger partial charge in [0.15, 0.2) is 0 Å². The molecule has 0 nitrogen and oxygen atoms in total. The second-order valence-electron chi connectivity index (χ2n) is 9.61. The van der Waals surface area contributed by atoms with Gasteiger partial charge < -0.3 is 0 Å². The van der Waals surface area contributed by atoms with Crippen LogP contribution in [-0.2, 0) is 0 Å². The van der Waals surface area contributed by atoms with Crippen molar-refractivity contribution in [1.29, 1.82) is 0 Å². The van der Waals surface area contributed by atoms with E-state index in [-0.39, 0.29) is 0 Å². The zero-order chi connectivity index (χ0) is 17.7. The Hall–Kier alpha value is 0. The molecule has 2 aliphatic carbocycles. The molecule has 0 heteroatoms. The molecular formula is C25H48. The molecule has 0 bridgehead atoms. The molecule has 0 amide bonds. The Morgan fingerprint density at radius 3 is 1.36 bits per heavy atom. The highest BCUT2D eigenvalue weighted by Crippen LogP contribution is 2.43. The van der Waals surface area contributed by atoms with Crippen LogP contribution in [0.5, 0.6) is 0 Å². The predicted octanol–water partition coefficient (Wildman–Crippen LogP) is 8.93. The van der Waals surface area contributed by atoms with Crippen molar-refractivity contribution in [1.82, 2.24) is 0 Å². The van der Waals surface area contributed by atoms with Crippen molar-refractivity contribution in [2.75, 3.05) is 0 Å². The first-order chi connectivity index (χ1) is 12.3. The quantitative estimate of drug-likeness (QED) is 0.309. The topological polar surface area (TPSA) is 0 Å². The van der Waals surface area contributed by atoms with Crippen molar-refractivity contribution in [2.45, 2.75) is 136 Å². The Kier molecular flexibility index (Phi) is 11.3. The number of unbranched alkanes of at least 4 members (excludes halogenated alkanes) is 7. The van der Waals surface area contributed by atoms with Gasteiger partial charge in [0.25, 0.3) is 0 Å². The van der Waals surface area contributed by atoms with E-state index in [0.29, 0.717) is 0 Å². The zero-order valence-corrected chi connectivity index (χ0v) is 17.7. The maximum atomic E-state index is 2.36. The summed E-state index contributed by atoms with van der Waals surface area (Å²) in [5.74, 6) is 4.39. The van der Waals surface area contributed by atoms with Gasteiger partial charge in [0.1, 0.15) is 0 Å². The summed E-state index contributed by atoms with van der Waals surface area (Å²) in [6.45, 7) is 4.67. The van der Waals surface area contributed by atoms with Crippen molar-refractivity contribution in [3.05, 3.63) is 0 Å². The van der Waals surface area contributed by atoms with E-state index in [4.69, 9.17) is 0 Å². The van der Waals surface area contributed by atoms with E-state index < -0.39 is 0 Å². The molecule has 0 aromatic heterocycles. The number of hydrogen-bond donors (Lipinski definition) is 0. The van der Waals surface area contributed by atoms with Crippen LogP contribution in [0.15, 0.2) is 0 Å². The van der Waals surface area contributed by atoms with E-state index in [1.165, 1.54) is 64.2 Å². The van der Waals surface area contributed by atoms with Crippen LogP contribution in [0.3, 0.4) is 0 Å². The first kappa shape index (κ1) is 21.3. The third-order valence-corrected chi connectivity index (χ3v) is 7.61. The molecule has 0 heterocycles. The second kappa shape index (κ2) is 13.2. The van der Waals surface area contributed by atoms with E-state index in [1.54, 1.807) is 57.8 Å². The van der Waals surface area contributed by atoms with E-state index in [2.05, 4.69) is 13.8 Å². The van der Waals surface area contributed by atoms with Gasteiger partial charge in [-0.25, -0.2) is 0 Å². The minimum atomic E-state index is 1.08. The van der Waals surface area contributed by atoms with Gasteiger partial charge in [-0.05, 0) is 49.4 Å². The Bertz CT molecular complexity index is 291. The standard InChI is InChI=1S/C25H48/c1-3-5-6-7-8-9-10-11-13-23-16-20-25(21-17-23)24-18-14-22(12-4-2)15-19-24/h22-25H,3-21H2,1-2H3. The lowest BCUT2D eigenvalue weighted by molar-refractivity contribution is 0.140. The summed E-state index contributed by atoms with van der Waals surface area (Å²) in [4.78, 5) is 0. The lowest BCUT2D eigenvalue weighted by Crippen LogP contribution is -2.25. The molecule has 0 aromatic rings. The molecule has 0 spiro atoms. The molecule has 0 unspecified atom stereocenters. The minimum absolute atomic E-state index is 1.08. The highest BCUT2D eigenvalue weighted by atomic mass is 14.4. The maximum absolute atomic E-state index is 2.36. The van der Waals surface area contributed by atoms with Crippen LogP contribution >= 0.6 is 0 Å². The smallest absolute Gasteiger partial charge is 0.0386 e. The van der Waals surface area contributed by atoms with Crippen LogP contribution in [0.2, 0.25) is 0 Å². The molecular weight excluding hydrogens is 300 g/mol. The van der Waals surface area contributed by atoms with Gasteiger partial charge in [-0.3, -0.25) is 0 Å². The third kappa shape index (κ3) is 8.49. The summed E-state index contributed by atoms with van der Waals surface area (Å²) in [6.07, 6.45) is 28.8. The van der Waals surface area contributed by atoms with Crippen LogP contribution in [-0.4, -0.2) is 0 Å². The summed E-state index contributed by atoms with van der Waals surface area (Å²) in [5.41, 5.74) is 0. The van der Waals surface area contributed by atoms with Gasteiger partial charge in [-0.2, -0.15) is 0 Å².